The summed E-state index contributed by atoms with van der Waals surface area (Å²) in [4.78, 5) is 4.19. The molecule has 114 valence electrons. The van der Waals surface area contributed by atoms with Crippen LogP contribution >= 0.6 is 22.9 Å². The van der Waals surface area contributed by atoms with E-state index in [1.165, 1.54) is 12.3 Å². The van der Waals surface area contributed by atoms with Crippen molar-refractivity contribution in [2.75, 3.05) is 10.0 Å². The van der Waals surface area contributed by atoms with Crippen LogP contribution in [0.5, 0.6) is 0 Å². The Balaban J connectivity index is 2.13. The van der Waals surface area contributed by atoms with Gasteiger partial charge in [0.05, 0.1) is 16.2 Å². The van der Waals surface area contributed by atoms with Gasteiger partial charge in [0.25, 0.3) is 10.0 Å². The Bertz CT molecular complexity index is 719. The summed E-state index contributed by atoms with van der Waals surface area (Å²) in [5, 5.41) is 3.20. The SMILES string of the molecule is CC(C)(C)Nc1ccc(NS(=O)(=O)c2ccc(Cl)s2)cn1. The molecule has 0 radical (unpaired) electrons. The first-order valence-electron chi connectivity index (χ1n) is 6.18. The third kappa shape index (κ3) is 4.59. The molecule has 2 N–H and O–H groups in total. The second-order valence-corrected chi connectivity index (χ2v) is 9.10. The Morgan fingerprint density at radius 3 is 2.38 bits per heavy atom. The molecular formula is C13H16ClN3O2S2. The zero-order valence-corrected chi connectivity index (χ0v) is 14.2. The normalized spacial score (nSPS) is 12.2. The summed E-state index contributed by atoms with van der Waals surface area (Å²) in [6.07, 6.45) is 1.47. The second kappa shape index (κ2) is 5.82. The minimum absolute atomic E-state index is 0.109. The summed E-state index contributed by atoms with van der Waals surface area (Å²) in [5.74, 6) is 0.685. The van der Waals surface area contributed by atoms with Gasteiger partial charge in [-0.25, -0.2) is 13.4 Å². The second-order valence-electron chi connectivity index (χ2n) is 5.47. The maximum absolute atomic E-state index is 12.1. The van der Waals surface area contributed by atoms with E-state index in [-0.39, 0.29) is 9.75 Å². The fourth-order valence-electron chi connectivity index (χ4n) is 1.56. The highest BCUT2D eigenvalue weighted by atomic mass is 35.5. The van der Waals surface area contributed by atoms with Crippen LogP contribution in [0, 0.1) is 0 Å². The molecule has 0 aromatic carbocycles. The van der Waals surface area contributed by atoms with Crippen molar-refractivity contribution in [1.29, 1.82) is 0 Å². The lowest BCUT2D eigenvalue weighted by molar-refractivity contribution is 0.603. The summed E-state index contributed by atoms with van der Waals surface area (Å²) in [7, 11) is -3.62. The van der Waals surface area contributed by atoms with Crippen LogP contribution in [-0.4, -0.2) is 18.9 Å². The van der Waals surface area contributed by atoms with Crippen LogP contribution in [0.25, 0.3) is 0 Å². The van der Waals surface area contributed by atoms with E-state index in [2.05, 4.69) is 15.0 Å². The molecule has 5 nitrogen and oxygen atoms in total. The number of hydrogen-bond donors (Lipinski definition) is 2. The maximum atomic E-state index is 12.1. The highest BCUT2D eigenvalue weighted by molar-refractivity contribution is 7.94. The van der Waals surface area contributed by atoms with Crippen LogP contribution in [-0.2, 0) is 10.0 Å². The van der Waals surface area contributed by atoms with Crippen molar-refractivity contribution < 1.29 is 8.42 Å². The van der Waals surface area contributed by atoms with Crippen LogP contribution < -0.4 is 10.0 Å². The van der Waals surface area contributed by atoms with Crippen LogP contribution in [0.4, 0.5) is 11.5 Å². The van der Waals surface area contributed by atoms with Gasteiger partial charge in [-0.15, -0.1) is 11.3 Å². The van der Waals surface area contributed by atoms with E-state index < -0.39 is 10.0 Å². The van der Waals surface area contributed by atoms with Crippen molar-refractivity contribution in [3.8, 4) is 0 Å². The lowest BCUT2D eigenvalue weighted by Gasteiger charge is -2.21. The Morgan fingerprint density at radius 2 is 1.90 bits per heavy atom. The molecule has 0 amide bonds. The van der Waals surface area contributed by atoms with Gasteiger partial charge in [-0.1, -0.05) is 11.6 Å². The number of rotatable bonds is 4. The van der Waals surface area contributed by atoms with Gasteiger partial charge in [-0.3, -0.25) is 4.72 Å². The topological polar surface area (TPSA) is 71.1 Å². The van der Waals surface area contributed by atoms with E-state index in [4.69, 9.17) is 11.6 Å². The fourth-order valence-corrected chi connectivity index (χ4v) is 4.09. The fraction of sp³-hybridized carbons (Fsp3) is 0.308. The Labute approximate surface area is 133 Å². The Hall–Kier alpha value is -1.31. The van der Waals surface area contributed by atoms with Crippen LogP contribution in [0.2, 0.25) is 4.34 Å². The third-order valence-electron chi connectivity index (χ3n) is 2.33. The van der Waals surface area contributed by atoms with Crippen LogP contribution in [0.15, 0.2) is 34.7 Å². The van der Waals surface area contributed by atoms with Gasteiger partial charge < -0.3 is 5.32 Å². The molecule has 2 heterocycles. The summed E-state index contributed by atoms with van der Waals surface area (Å²) >= 11 is 6.76. The standard InChI is InChI=1S/C13H16ClN3O2S2/c1-13(2,3)16-11-6-4-9(8-15-11)17-21(18,19)12-7-5-10(14)20-12/h4-8,17H,1-3H3,(H,15,16). The molecule has 0 atom stereocenters. The molecule has 0 spiro atoms. The smallest absolute Gasteiger partial charge is 0.271 e. The van der Waals surface area contributed by atoms with Gasteiger partial charge in [0, 0.05) is 5.54 Å². The number of sulfonamides is 1. The predicted molar refractivity (Wildman–Crippen MR) is 87.8 cm³/mol. The summed E-state index contributed by atoms with van der Waals surface area (Å²) in [6, 6.07) is 6.41. The van der Waals surface area contributed by atoms with Gasteiger partial charge >= 0.3 is 0 Å². The highest BCUT2D eigenvalue weighted by Gasteiger charge is 2.17. The zero-order valence-electron chi connectivity index (χ0n) is 11.8. The summed E-state index contributed by atoms with van der Waals surface area (Å²) < 4.78 is 27.3. The van der Waals surface area contributed by atoms with Gasteiger partial charge in [0.1, 0.15) is 10.0 Å². The average Bonchev–Trinajstić information content (AvgIpc) is 2.77. The van der Waals surface area contributed by atoms with Crippen molar-refractivity contribution in [3.05, 3.63) is 34.8 Å². The van der Waals surface area contributed by atoms with Gasteiger partial charge in [-0.05, 0) is 45.0 Å². The minimum Gasteiger partial charge on any atom is -0.365 e. The first-order valence-corrected chi connectivity index (χ1v) is 8.86. The van der Waals surface area contributed by atoms with E-state index >= 15 is 0 Å². The first-order chi connectivity index (χ1) is 9.66. The van der Waals surface area contributed by atoms with E-state index in [9.17, 15) is 8.42 Å². The summed E-state index contributed by atoms with van der Waals surface area (Å²) in [5.41, 5.74) is 0.292. The lowest BCUT2D eigenvalue weighted by atomic mass is 10.1. The number of halogens is 1. The van der Waals surface area contributed by atoms with Crippen LogP contribution in [0.1, 0.15) is 20.8 Å². The molecule has 0 saturated heterocycles. The number of anilines is 2. The van der Waals surface area contributed by atoms with Crippen molar-refractivity contribution in [3.63, 3.8) is 0 Å². The highest BCUT2D eigenvalue weighted by Crippen LogP contribution is 2.27. The van der Waals surface area contributed by atoms with Gasteiger partial charge in [0.2, 0.25) is 0 Å². The molecule has 0 unspecified atom stereocenters. The van der Waals surface area contributed by atoms with E-state index in [1.807, 2.05) is 20.8 Å². The molecule has 0 bridgehead atoms. The average molecular weight is 346 g/mol. The molecule has 2 aromatic heterocycles. The summed E-state index contributed by atoms with van der Waals surface area (Å²) in [6.45, 7) is 6.06. The molecule has 21 heavy (non-hydrogen) atoms. The molecule has 2 aromatic rings. The zero-order chi connectivity index (χ0) is 15.7. The largest absolute Gasteiger partial charge is 0.365 e. The minimum atomic E-state index is -3.62. The van der Waals surface area contributed by atoms with Gasteiger partial charge in [0.15, 0.2) is 0 Å². The van der Waals surface area contributed by atoms with Gasteiger partial charge in [-0.2, -0.15) is 0 Å². The number of hydrogen-bond acceptors (Lipinski definition) is 5. The third-order valence-corrected chi connectivity index (χ3v) is 5.44. The maximum Gasteiger partial charge on any atom is 0.271 e. The first kappa shape index (κ1) is 16.1. The van der Waals surface area contributed by atoms with E-state index in [0.29, 0.717) is 15.8 Å². The molecular weight excluding hydrogens is 330 g/mol. The van der Waals surface area contributed by atoms with Crippen LogP contribution in [0.3, 0.4) is 0 Å². The van der Waals surface area contributed by atoms with E-state index in [1.54, 1.807) is 18.2 Å². The molecule has 0 aliphatic rings. The Kier molecular flexibility index (Phi) is 4.46. The van der Waals surface area contributed by atoms with Crippen molar-refractivity contribution >= 4 is 44.5 Å². The molecule has 0 fully saturated rings. The van der Waals surface area contributed by atoms with E-state index in [0.717, 1.165) is 11.3 Å². The van der Waals surface area contributed by atoms with Crippen molar-refractivity contribution in [1.82, 2.24) is 4.98 Å². The number of pyridine rings is 1. The predicted octanol–water partition coefficient (Wildman–Crippen LogP) is 3.81. The Morgan fingerprint density at radius 1 is 1.19 bits per heavy atom. The van der Waals surface area contributed by atoms with Crippen molar-refractivity contribution in [2.45, 2.75) is 30.5 Å². The molecule has 0 aliphatic heterocycles. The number of aromatic nitrogens is 1. The molecule has 2 rings (SSSR count). The number of nitrogens with zero attached hydrogens (tertiary/aromatic N) is 1. The molecule has 0 aliphatic carbocycles. The molecule has 0 saturated carbocycles. The number of thiophene rings is 1. The monoisotopic (exact) mass is 345 g/mol. The lowest BCUT2D eigenvalue weighted by Crippen LogP contribution is -2.26. The number of nitrogens with one attached hydrogen (secondary N) is 2. The van der Waals surface area contributed by atoms with Crippen molar-refractivity contribution in [2.24, 2.45) is 0 Å². The molecule has 8 heteroatoms. The quantitative estimate of drug-likeness (QED) is 0.884.